The van der Waals surface area contributed by atoms with E-state index in [-0.39, 0.29) is 11.8 Å². The molecule has 1 amide bonds. The third kappa shape index (κ3) is 6.52. The first kappa shape index (κ1) is 26.2. The van der Waals surface area contributed by atoms with E-state index >= 15 is 0 Å². The van der Waals surface area contributed by atoms with Gasteiger partial charge in [0.15, 0.2) is 0 Å². The smallest absolute Gasteiger partial charge is 0.228 e. The second-order valence-corrected chi connectivity index (χ2v) is 10.1. The number of nitrogens with zero attached hydrogens (tertiary/aromatic N) is 4. The Kier molecular flexibility index (Phi) is 7.72. The number of amides is 1. The number of nitrogens with one attached hydrogen (secondary N) is 2. The van der Waals surface area contributed by atoms with Gasteiger partial charge in [0.2, 0.25) is 5.91 Å². The minimum atomic E-state index is 0.0545. The van der Waals surface area contributed by atoms with Crippen molar-refractivity contribution in [2.24, 2.45) is 5.92 Å². The van der Waals surface area contributed by atoms with Gasteiger partial charge in [0.1, 0.15) is 12.1 Å². The van der Waals surface area contributed by atoms with Crippen LogP contribution in [0.4, 0.5) is 11.5 Å². The van der Waals surface area contributed by atoms with E-state index in [0.29, 0.717) is 11.7 Å². The Balaban J connectivity index is 0.000000233. The zero-order valence-electron chi connectivity index (χ0n) is 22.4. The highest BCUT2D eigenvalue weighted by Crippen LogP contribution is 2.38. The first-order valence-electron chi connectivity index (χ1n) is 13.2. The van der Waals surface area contributed by atoms with Gasteiger partial charge in [-0.3, -0.25) is 24.5 Å². The van der Waals surface area contributed by atoms with Crippen molar-refractivity contribution in [3.63, 3.8) is 0 Å². The molecule has 2 saturated carbocycles. The Morgan fingerprint density at radius 3 is 2.26 bits per heavy atom. The van der Waals surface area contributed by atoms with E-state index in [4.69, 9.17) is 0 Å². The van der Waals surface area contributed by atoms with Gasteiger partial charge in [0.05, 0.1) is 11.9 Å². The molecule has 4 heterocycles. The number of aromatic nitrogens is 4. The van der Waals surface area contributed by atoms with Gasteiger partial charge in [-0.25, -0.2) is 4.98 Å². The molecule has 0 aliphatic heterocycles. The molecular weight excluding hydrogens is 488 g/mol. The summed E-state index contributed by atoms with van der Waals surface area (Å²) in [6.45, 7) is 3.98. The highest BCUT2D eigenvalue weighted by Gasteiger charge is 2.29. The number of aldehydes is 1. The fourth-order valence-electron chi connectivity index (χ4n) is 4.32. The van der Waals surface area contributed by atoms with Crippen LogP contribution in [0.25, 0.3) is 22.3 Å². The van der Waals surface area contributed by atoms with E-state index in [1.807, 2.05) is 51.5 Å². The number of rotatable bonds is 7. The largest absolute Gasteiger partial charge is 0.387 e. The molecular formula is C31H32N6O2. The van der Waals surface area contributed by atoms with Crippen molar-refractivity contribution in [1.29, 1.82) is 0 Å². The van der Waals surface area contributed by atoms with Gasteiger partial charge in [-0.05, 0) is 81.5 Å². The molecule has 0 radical (unpaired) electrons. The van der Waals surface area contributed by atoms with Gasteiger partial charge < -0.3 is 10.6 Å². The van der Waals surface area contributed by atoms with Gasteiger partial charge in [-0.15, -0.1) is 0 Å². The molecule has 6 rings (SSSR count). The fraction of sp³-hybridized carbons (Fsp3) is 0.290. The van der Waals surface area contributed by atoms with Gasteiger partial charge in [-0.1, -0.05) is 0 Å². The maximum atomic E-state index is 12.1. The summed E-state index contributed by atoms with van der Waals surface area (Å²) < 4.78 is 0. The SMILES string of the molecule is CNc1cnc(C)c(-c2cnc(C)c(-c3ccnc(NC(=O)C4CC4)c3)c2)c1.O=Cc1ccnc(C2CC2)c1. The number of hydrogen-bond donors (Lipinski definition) is 2. The normalized spacial score (nSPS) is 14.1. The van der Waals surface area contributed by atoms with Gasteiger partial charge in [0.25, 0.3) is 0 Å². The van der Waals surface area contributed by atoms with Crippen LogP contribution in [-0.4, -0.2) is 39.2 Å². The molecule has 0 aromatic carbocycles. The molecule has 198 valence electrons. The molecule has 39 heavy (non-hydrogen) atoms. The molecule has 2 aliphatic carbocycles. The van der Waals surface area contributed by atoms with E-state index in [1.165, 1.54) is 12.8 Å². The molecule has 0 bridgehead atoms. The number of pyridine rings is 4. The molecule has 2 N–H and O–H groups in total. The van der Waals surface area contributed by atoms with E-state index in [1.54, 1.807) is 18.5 Å². The van der Waals surface area contributed by atoms with Crippen molar-refractivity contribution in [3.8, 4) is 22.3 Å². The molecule has 4 aromatic heterocycles. The van der Waals surface area contributed by atoms with Crippen molar-refractivity contribution in [2.45, 2.75) is 45.4 Å². The number of carbonyl (C=O) groups is 2. The first-order valence-corrected chi connectivity index (χ1v) is 13.2. The summed E-state index contributed by atoms with van der Waals surface area (Å²) in [7, 11) is 1.88. The topological polar surface area (TPSA) is 110 Å². The number of anilines is 2. The Morgan fingerprint density at radius 2 is 1.56 bits per heavy atom. The number of hydrogen-bond acceptors (Lipinski definition) is 7. The molecule has 0 unspecified atom stereocenters. The lowest BCUT2D eigenvalue weighted by atomic mass is 9.99. The number of aryl methyl sites for hydroxylation is 2. The van der Waals surface area contributed by atoms with Crippen molar-refractivity contribution in [2.75, 3.05) is 17.7 Å². The van der Waals surface area contributed by atoms with E-state index in [2.05, 4.69) is 42.7 Å². The van der Waals surface area contributed by atoms with E-state index in [0.717, 1.165) is 69.7 Å². The summed E-state index contributed by atoms with van der Waals surface area (Å²) in [5, 5.41) is 6.05. The molecule has 2 fully saturated rings. The Morgan fingerprint density at radius 1 is 0.846 bits per heavy atom. The quantitative estimate of drug-likeness (QED) is 0.288. The molecule has 8 heteroatoms. The van der Waals surface area contributed by atoms with Crippen molar-refractivity contribution < 1.29 is 9.59 Å². The summed E-state index contributed by atoms with van der Waals surface area (Å²) in [4.78, 5) is 40.0. The highest BCUT2D eigenvalue weighted by molar-refractivity contribution is 5.93. The number of carbonyl (C=O) groups excluding carboxylic acids is 2. The second kappa shape index (κ2) is 11.5. The Labute approximate surface area is 228 Å². The lowest BCUT2D eigenvalue weighted by Gasteiger charge is -2.12. The molecule has 0 spiro atoms. The van der Waals surface area contributed by atoms with Crippen molar-refractivity contribution >= 4 is 23.7 Å². The standard InChI is InChI=1S/C22H23N5O.C9H9NO/c1-13-19(16-6-7-24-21(9-16)27-22(28)15-4-5-15)8-17(11-25-13)20-10-18(23-3)12-26-14(20)2;11-6-7-3-4-10-9(5-7)8-1-2-8/h6-12,15,23H,4-5H2,1-3H3,(H,24,27,28);3-6,8H,1-2H2. The monoisotopic (exact) mass is 520 g/mol. The molecule has 2 aliphatic rings. The molecule has 8 nitrogen and oxygen atoms in total. The highest BCUT2D eigenvalue weighted by atomic mass is 16.2. The third-order valence-corrected chi connectivity index (χ3v) is 6.98. The third-order valence-electron chi connectivity index (χ3n) is 6.98. The van der Waals surface area contributed by atoms with Crippen LogP contribution < -0.4 is 10.6 Å². The summed E-state index contributed by atoms with van der Waals surface area (Å²) in [5.41, 5.74) is 8.67. The lowest BCUT2D eigenvalue weighted by Crippen LogP contribution is -2.14. The van der Waals surface area contributed by atoms with Crippen LogP contribution in [0.5, 0.6) is 0 Å². The average Bonchev–Trinajstić information content (AvgIpc) is 3.88. The molecule has 0 atom stereocenters. The molecule has 4 aromatic rings. The first-order chi connectivity index (χ1) is 18.9. The summed E-state index contributed by atoms with van der Waals surface area (Å²) >= 11 is 0. The van der Waals surface area contributed by atoms with E-state index < -0.39 is 0 Å². The van der Waals surface area contributed by atoms with Crippen LogP contribution in [0, 0.1) is 19.8 Å². The van der Waals surface area contributed by atoms with Crippen molar-refractivity contribution in [3.05, 3.63) is 83.8 Å². The van der Waals surface area contributed by atoms with Gasteiger partial charge >= 0.3 is 0 Å². The van der Waals surface area contributed by atoms with Crippen LogP contribution >= 0.6 is 0 Å². The van der Waals surface area contributed by atoms with Gasteiger partial charge in [-0.2, -0.15) is 0 Å². The minimum absolute atomic E-state index is 0.0545. The predicted molar refractivity (Wildman–Crippen MR) is 153 cm³/mol. The zero-order chi connectivity index (χ0) is 27.4. The zero-order valence-corrected chi connectivity index (χ0v) is 22.4. The Hall–Kier alpha value is -4.46. The van der Waals surface area contributed by atoms with Crippen LogP contribution in [0.1, 0.15) is 59.0 Å². The summed E-state index contributed by atoms with van der Waals surface area (Å²) in [6, 6.07) is 11.7. The van der Waals surface area contributed by atoms with Crippen LogP contribution in [0.15, 0.2) is 61.2 Å². The fourth-order valence-corrected chi connectivity index (χ4v) is 4.32. The maximum absolute atomic E-state index is 12.1. The van der Waals surface area contributed by atoms with Gasteiger partial charge in [0, 0.05) is 76.8 Å². The lowest BCUT2D eigenvalue weighted by molar-refractivity contribution is -0.117. The van der Waals surface area contributed by atoms with Crippen LogP contribution in [0.2, 0.25) is 0 Å². The summed E-state index contributed by atoms with van der Waals surface area (Å²) in [5.74, 6) is 1.41. The molecule has 0 saturated heterocycles. The predicted octanol–water partition coefficient (Wildman–Crippen LogP) is 5.98. The minimum Gasteiger partial charge on any atom is -0.387 e. The van der Waals surface area contributed by atoms with Crippen LogP contribution in [0.3, 0.4) is 0 Å². The average molecular weight is 521 g/mol. The maximum Gasteiger partial charge on any atom is 0.228 e. The second-order valence-electron chi connectivity index (χ2n) is 10.1. The Bertz CT molecular complexity index is 1510. The van der Waals surface area contributed by atoms with E-state index in [9.17, 15) is 9.59 Å². The van der Waals surface area contributed by atoms with Crippen LogP contribution in [-0.2, 0) is 4.79 Å². The van der Waals surface area contributed by atoms with Crippen molar-refractivity contribution in [1.82, 2.24) is 19.9 Å². The summed E-state index contributed by atoms with van der Waals surface area (Å²) in [6.07, 6.45) is 12.4.